The Bertz CT molecular complexity index is 183. The molecular weight excluding hydrogens is 415 g/mol. The maximum atomic E-state index is 10.6. The van der Waals surface area contributed by atoms with Crippen molar-refractivity contribution in [3.8, 4) is 0 Å². The van der Waals surface area contributed by atoms with Crippen molar-refractivity contribution in [2.75, 3.05) is 0 Å². The Labute approximate surface area is 124 Å². The molecule has 0 aliphatic rings. The molecule has 0 rings (SSSR count). The summed E-state index contributed by atoms with van der Waals surface area (Å²) in [6.07, 6.45) is 5.72. The largest absolute Gasteiger partial charge is 2.00 e. The molecule has 0 aromatic heterocycles. The summed E-state index contributed by atoms with van der Waals surface area (Å²) in [6.45, 7) is 5.12. The van der Waals surface area contributed by atoms with Gasteiger partial charge in [0.2, 0.25) is 0 Å². The van der Waals surface area contributed by atoms with Crippen molar-refractivity contribution in [3.63, 3.8) is 0 Å². The number of hydrogen-bond acceptors (Lipinski definition) is 4. The van der Waals surface area contributed by atoms with Gasteiger partial charge in [0.1, 0.15) is 0 Å². The summed E-state index contributed by atoms with van der Waals surface area (Å²) in [5.41, 5.74) is 0. The van der Waals surface area contributed by atoms with E-state index in [2.05, 4.69) is 13.8 Å². The first kappa shape index (κ1) is 22.1. The fraction of sp³-hybridized carbons (Fsp3) is 0.833. The molecule has 0 amide bonds. The molecule has 0 aromatic carbocycles. The van der Waals surface area contributed by atoms with E-state index < -0.39 is 11.9 Å². The Hall–Kier alpha value is -0.138. The van der Waals surface area contributed by atoms with Gasteiger partial charge < -0.3 is 19.8 Å². The van der Waals surface area contributed by atoms with Gasteiger partial charge in [0.05, 0.1) is 0 Å². The number of carboxylic acid groups (broad SMARTS) is 2. The first-order chi connectivity index (χ1) is 7.45. The standard InChI is InChI=1S/C10H20O2.C2H4O2.Pb/c1-3-5-7-9(10(11)12)8-6-4-2;1-2(3)4;/h9H,3-8H2,1-2H3,(H,11,12);1H3,(H,3,4);/q;;+2/p-2. The Kier molecular flexibility index (Phi) is 20.6. The molecule has 2 radical (unpaired) electrons. The number of carbonyl (C=O) groups is 2. The molecule has 98 valence electrons. The minimum absolute atomic E-state index is 0. The summed E-state index contributed by atoms with van der Waals surface area (Å²) in [6, 6.07) is 0. The summed E-state index contributed by atoms with van der Waals surface area (Å²) >= 11 is 0. The van der Waals surface area contributed by atoms with E-state index in [4.69, 9.17) is 9.90 Å². The average Bonchev–Trinajstić information content (AvgIpc) is 2.16. The van der Waals surface area contributed by atoms with Crippen molar-refractivity contribution in [1.82, 2.24) is 0 Å². The molecule has 0 unspecified atom stereocenters. The number of hydrogen-bond donors (Lipinski definition) is 0. The van der Waals surface area contributed by atoms with Crippen LogP contribution in [0.1, 0.15) is 59.3 Å². The van der Waals surface area contributed by atoms with Crippen LogP contribution in [-0.4, -0.2) is 39.2 Å². The van der Waals surface area contributed by atoms with Crippen LogP contribution >= 0.6 is 0 Å². The number of unbranched alkanes of at least 4 members (excludes halogenated alkanes) is 2. The van der Waals surface area contributed by atoms with Gasteiger partial charge in [-0.05, 0) is 25.7 Å². The summed E-state index contributed by atoms with van der Waals surface area (Å²) in [5, 5.41) is 19.5. The maximum absolute atomic E-state index is 10.6. The van der Waals surface area contributed by atoms with Crippen LogP contribution in [0, 0.1) is 5.92 Å². The third-order valence-electron chi connectivity index (χ3n) is 2.15. The van der Waals surface area contributed by atoms with Crippen LogP contribution in [0.15, 0.2) is 0 Å². The van der Waals surface area contributed by atoms with Gasteiger partial charge in [-0.3, -0.25) is 0 Å². The molecule has 0 aromatic rings. The number of carboxylic acids is 2. The minimum atomic E-state index is -1.08. The number of carbonyl (C=O) groups excluding carboxylic acids is 2. The first-order valence-electron chi connectivity index (χ1n) is 5.84. The van der Waals surface area contributed by atoms with Crippen LogP contribution in [0.25, 0.3) is 0 Å². The predicted octanol–water partition coefficient (Wildman–Crippen LogP) is 0.108. The number of aliphatic carboxylic acids is 2. The zero-order valence-corrected chi connectivity index (χ0v) is 14.8. The van der Waals surface area contributed by atoms with Gasteiger partial charge in [-0.1, -0.05) is 39.5 Å². The average molecular weight is 438 g/mol. The molecular formula is C12H22O4Pb. The molecule has 17 heavy (non-hydrogen) atoms. The smallest absolute Gasteiger partial charge is 0.550 e. The van der Waals surface area contributed by atoms with Crippen molar-refractivity contribution in [1.29, 1.82) is 0 Å². The quantitative estimate of drug-likeness (QED) is 0.530. The maximum Gasteiger partial charge on any atom is 2.00 e. The van der Waals surface area contributed by atoms with E-state index in [1.54, 1.807) is 0 Å². The van der Waals surface area contributed by atoms with E-state index in [1.165, 1.54) is 0 Å². The second-order valence-corrected chi connectivity index (χ2v) is 3.79. The van der Waals surface area contributed by atoms with Gasteiger partial charge >= 0.3 is 27.3 Å². The summed E-state index contributed by atoms with van der Waals surface area (Å²) in [4.78, 5) is 19.5. The van der Waals surface area contributed by atoms with E-state index in [0.29, 0.717) is 0 Å². The summed E-state index contributed by atoms with van der Waals surface area (Å²) in [7, 11) is 0. The van der Waals surface area contributed by atoms with Crippen molar-refractivity contribution < 1.29 is 19.8 Å². The third kappa shape index (κ3) is 21.7. The Morgan fingerprint density at radius 3 is 1.47 bits per heavy atom. The molecule has 0 heterocycles. The molecule has 0 aliphatic carbocycles. The molecule has 0 aliphatic heterocycles. The Balaban J connectivity index is -0.000000340. The second-order valence-electron chi connectivity index (χ2n) is 3.79. The fourth-order valence-electron chi connectivity index (χ4n) is 1.28. The van der Waals surface area contributed by atoms with Crippen molar-refractivity contribution >= 4 is 39.2 Å². The molecule has 4 nitrogen and oxygen atoms in total. The summed E-state index contributed by atoms with van der Waals surface area (Å²) < 4.78 is 0. The van der Waals surface area contributed by atoms with Gasteiger partial charge in [-0.25, -0.2) is 0 Å². The first-order valence-corrected chi connectivity index (χ1v) is 5.84. The minimum Gasteiger partial charge on any atom is -0.550 e. The molecule has 0 saturated carbocycles. The van der Waals surface area contributed by atoms with Crippen LogP contribution in [0.4, 0.5) is 0 Å². The van der Waals surface area contributed by atoms with Gasteiger partial charge in [0.25, 0.3) is 0 Å². The normalized spacial score (nSPS) is 8.94. The Morgan fingerprint density at radius 1 is 1.00 bits per heavy atom. The Morgan fingerprint density at radius 2 is 1.29 bits per heavy atom. The zero-order valence-electron chi connectivity index (χ0n) is 11.0. The predicted molar refractivity (Wildman–Crippen MR) is 64.0 cm³/mol. The number of rotatable bonds is 7. The third-order valence-corrected chi connectivity index (χ3v) is 2.15. The van der Waals surface area contributed by atoms with E-state index in [9.17, 15) is 9.90 Å². The fourth-order valence-corrected chi connectivity index (χ4v) is 1.28. The molecule has 0 fully saturated rings. The molecule has 5 heteroatoms. The molecule has 0 spiro atoms. The van der Waals surface area contributed by atoms with Gasteiger partial charge in [-0.2, -0.15) is 0 Å². The second kappa shape index (κ2) is 15.9. The van der Waals surface area contributed by atoms with Gasteiger partial charge in [-0.15, -0.1) is 0 Å². The monoisotopic (exact) mass is 438 g/mol. The van der Waals surface area contributed by atoms with Crippen LogP contribution in [-0.2, 0) is 9.59 Å². The van der Waals surface area contributed by atoms with E-state index in [0.717, 1.165) is 45.4 Å². The van der Waals surface area contributed by atoms with Gasteiger partial charge in [0.15, 0.2) is 0 Å². The van der Waals surface area contributed by atoms with E-state index in [-0.39, 0.29) is 33.2 Å². The van der Waals surface area contributed by atoms with Crippen LogP contribution in [0.5, 0.6) is 0 Å². The molecule has 0 saturated heterocycles. The SMILES string of the molecule is CC(=O)[O-].CCCCC(CCCC)C(=O)[O-].[Pb+2]. The van der Waals surface area contributed by atoms with Crippen molar-refractivity contribution in [2.45, 2.75) is 59.3 Å². The molecule has 0 atom stereocenters. The topological polar surface area (TPSA) is 80.3 Å². The van der Waals surface area contributed by atoms with Crippen LogP contribution < -0.4 is 10.2 Å². The van der Waals surface area contributed by atoms with Gasteiger partial charge in [0, 0.05) is 11.9 Å². The molecule has 0 N–H and O–H groups in total. The molecule has 0 bridgehead atoms. The van der Waals surface area contributed by atoms with Crippen molar-refractivity contribution in [2.24, 2.45) is 5.92 Å². The van der Waals surface area contributed by atoms with Crippen molar-refractivity contribution in [3.05, 3.63) is 0 Å². The van der Waals surface area contributed by atoms with Crippen LogP contribution in [0.2, 0.25) is 0 Å². The van der Waals surface area contributed by atoms with E-state index in [1.807, 2.05) is 0 Å². The summed E-state index contributed by atoms with van der Waals surface area (Å²) in [5.74, 6) is -2.15. The van der Waals surface area contributed by atoms with Crippen LogP contribution in [0.3, 0.4) is 0 Å². The van der Waals surface area contributed by atoms with E-state index >= 15 is 0 Å². The zero-order chi connectivity index (χ0) is 13.0.